The Balaban J connectivity index is 0.00000294. The van der Waals surface area contributed by atoms with Crippen LogP contribution in [0.3, 0.4) is 0 Å². The van der Waals surface area contributed by atoms with E-state index in [2.05, 4.69) is 44.9 Å². The van der Waals surface area contributed by atoms with Gasteiger partial charge in [-0.1, -0.05) is 40.2 Å². The zero-order valence-corrected chi connectivity index (χ0v) is 22.9. The number of nitrogens with zero attached hydrogens (tertiary/aromatic N) is 3. The third-order valence-electron chi connectivity index (χ3n) is 6.05. The molecule has 6 rings (SSSR count). The molecule has 6 aromatic rings. The standard InChI is InChI=1S/C30H18F3N3S.Pt/c1-19-11-13-34-28(15-19)36-26-8-3-2-7-24(26)25-10-9-21(17-27(25)36)20-5-4-6-23(16-20)37-29-18-22(12-14-35-29)30(31,32)33;/h2-15,18H,1H3;/q-2;+2. The summed E-state index contributed by atoms with van der Waals surface area (Å²) in [5.74, 6) is 0.809. The molecule has 3 heterocycles. The number of aromatic nitrogens is 3. The van der Waals surface area contributed by atoms with Crippen LogP contribution in [-0.4, -0.2) is 14.5 Å². The molecule has 0 unspecified atom stereocenters. The summed E-state index contributed by atoms with van der Waals surface area (Å²) in [6, 6.07) is 30.7. The van der Waals surface area contributed by atoms with Crippen LogP contribution >= 0.6 is 11.8 Å². The van der Waals surface area contributed by atoms with Crippen LogP contribution in [0, 0.1) is 19.1 Å². The number of benzene rings is 3. The molecule has 0 saturated heterocycles. The van der Waals surface area contributed by atoms with E-state index in [-0.39, 0.29) is 26.1 Å². The fourth-order valence-corrected chi connectivity index (χ4v) is 5.18. The normalized spacial score (nSPS) is 11.6. The van der Waals surface area contributed by atoms with Crippen molar-refractivity contribution in [1.82, 2.24) is 14.5 Å². The quantitative estimate of drug-likeness (QED) is 0.173. The summed E-state index contributed by atoms with van der Waals surface area (Å²) in [5.41, 5.74) is 3.91. The second-order valence-corrected chi connectivity index (χ2v) is 9.65. The fourth-order valence-electron chi connectivity index (χ4n) is 4.35. The predicted molar refractivity (Wildman–Crippen MR) is 140 cm³/mol. The van der Waals surface area contributed by atoms with Crippen LogP contribution in [0.1, 0.15) is 11.1 Å². The van der Waals surface area contributed by atoms with Gasteiger partial charge in [0.05, 0.1) is 10.6 Å². The number of pyridine rings is 2. The number of para-hydroxylation sites is 1. The largest absolute Gasteiger partial charge is 2.00 e. The van der Waals surface area contributed by atoms with Gasteiger partial charge in [0.15, 0.2) is 0 Å². The van der Waals surface area contributed by atoms with Gasteiger partial charge < -0.3 is 4.57 Å². The monoisotopic (exact) mass is 704 g/mol. The van der Waals surface area contributed by atoms with Gasteiger partial charge in [-0.2, -0.15) is 43.5 Å². The first kappa shape index (κ1) is 26.2. The van der Waals surface area contributed by atoms with E-state index in [0.29, 0.717) is 4.90 Å². The minimum atomic E-state index is -4.42. The molecule has 0 aliphatic heterocycles. The molecule has 190 valence electrons. The van der Waals surface area contributed by atoms with Gasteiger partial charge in [0.1, 0.15) is 5.82 Å². The van der Waals surface area contributed by atoms with E-state index < -0.39 is 11.7 Å². The van der Waals surface area contributed by atoms with Gasteiger partial charge in [-0.3, -0.25) is 0 Å². The molecule has 0 atom stereocenters. The molecule has 0 fully saturated rings. The van der Waals surface area contributed by atoms with Crippen LogP contribution in [0.2, 0.25) is 0 Å². The van der Waals surface area contributed by atoms with Gasteiger partial charge in [0.2, 0.25) is 0 Å². The number of hydrogen-bond donors (Lipinski definition) is 0. The maximum Gasteiger partial charge on any atom is 2.00 e. The zero-order valence-electron chi connectivity index (χ0n) is 19.9. The molecule has 3 aromatic heterocycles. The number of hydrogen-bond acceptors (Lipinski definition) is 3. The summed E-state index contributed by atoms with van der Waals surface area (Å²) >= 11 is 1.14. The summed E-state index contributed by atoms with van der Waals surface area (Å²) in [5, 5.41) is 2.42. The minimum Gasteiger partial charge on any atom is -0.314 e. The second-order valence-electron chi connectivity index (χ2n) is 8.59. The van der Waals surface area contributed by atoms with E-state index in [9.17, 15) is 13.2 Å². The van der Waals surface area contributed by atoms with Crippen LogP contribution in [0.4, 0.5) is 13.2 Å². The third kappa shape index (κ3) is 5.01. The van der Waals surface area contributed by atoms with Crippen LogP contribution in [0.25, 0.3) is 38.8 Å². The summed E-state index contributed by atoms with van der Waals surface area (Å²) in [4.78, 5) is 9.37. The molecule has 3 aromatic carbocycles. The number of fused-ring (bicyclic) bond motifs is 3. The first-order chi connectivity index (χ1) is 17.9. The van der Waals surface area contributed by atoms with Crippen molar-refractivity contribution in [3.8, 4) is 16.9 Å². The molecule has 0 N–H and O–H groups in total. The van der Waals surface area contributed by atoms with Crippen LogP contribution in [0.15, 0.2) is 101 Å². The van der Waals surface area contributed by atoms with E-state index in [1.165, 1.54) is 6.20 Å². The van der Waals surface area contributed by atoms with E-state index in [1.807, 2.05) is 55.5 Å². The molecule has 8 heteroatoms. The summed E-state index contributed by atoms with van der Waals surface area (Å²) in [7, 11) is 0. The Hall–Kier alpha value is -3.41. The minimum absolute atomic E-state index is 0. The molecular weight excluding hydrogens is 686 g/mol. The summed E-state index contributed by atoms with van der Waals surface area (Å²) in [6.07, 6.45) is -1.45. The molecule has 0 aliphatic carbocycles. The maximum atomic E-state index is 13.1. The molecule has 0 spiro atoms. The SMILES string of the molecule is Cc1ccnc(-n2c3[c-]c(-c4[c-]c(Sc5cc(C(F)(F)F)ccn5)ccc4)ccc3c3ccccc32)c1.[Pt+2]. The average Bonchev–Trinajstić information content (AvgIpc) is 3.22. The van der Waals surface area contributed by atoms with Gasteiger partial charge >= 0.3 is 27.2 Å². The number of halogens is 3. The van der Waals surface area contributed by atoms with Crippen molar-refractivity contribution in [2.75, 3.05) is 0 Å². The van der Waals surface area contributed by atoms with E-state index in [4.69, 9.17) is 0 Å². The average molecular weight is 705 g/mol. The van der Waals surface area contributed by atoms with Crippen molar-refractivity contribution in [3.63, 3.8) is 0 Å². The molecule has 38 heavy (non-hydrogen) atoms. The van der Waals surface area contributed by atoms with E-state index in [1.54, 1.807) is 6.20 Å². The van der Waals surface area contributed by atoms with Gasteiger partial charge in [0.25, 0.3) is 0 Å². The van der Waals surface area contributed by atoms with Crippen molar-refractivity contribution >= 4 is 33.6 Å². The Morgan fingerprint density at radius 1 is 0.789 bits per heavy atom. The van der Waals surface area contributed by atoms with Gasteiger partial charge in [-0.15, -0.1) is 12.1 Å². The Morgan fingerprint density at radius 2 is 1.58 bits per heavy atom. The first-order valence-electron chi connectivity index (χ1n) is 11.5. The second kappa shape index (κ2) is 10.4. The Bertz CT molecular complexity index is 1780. The molecule has 0 bridgehead atoms. The Morgan fingerprint density at radius 3 is 2.39 bits per heavy atom. The Labute approximate surface area is 236 Å². The molecule has 3 nitrogen and oxygen atoms in total. The van der Waals surface area contributed by atoms with Crippen LogP contribution in [-0.2, 0) is 27.2 Å². The van der Waals surface area contributed by atoms with E-state index >= 15 is 0 Å². The van der Waals surface area contributed by atoms with E-state index in [0.717, 1.165) is 68.2 Å². The van der Waals surface area contributed by atoms with Crippen molar-refractivity contribution in [1.29, 1.82) is 0 Å². The van der Waals surface area contributed by atoms with Crippen molar-refractivity contribution in [3.05, 3.63) is 115 Å². The first-order valence-corrected chi connectivity index (χ1v) is 12.3. The van der Waals surface area contributed by atoms with Crippen molar-refractivity contribution in [2.24, 2.45) is 0 Å². The molecule has 0 saturated carbocycles. The topological polar surface area (TPSA) is 30.7 Å². The third-order valence-corrected chi connectivity index (χ3v) is 6.94. The molecule has 0 radical (unpaired) electrons. The zero-order chi connectivity index (χ0) is 25.6. The summed E-state index contributed by atoms with van der Waals surface area (Å²) in [6.45, 7) is 2.03. The number of rotatable bonds is 4. The fraction of sp³-hybridized carbons (Fsp3) is 0.0667. The number of aryl methyl sites for hydroxylation is 1. The van der Waals surface area contributed by atoms with Gasteiger partial charge in [-0.05, 0) is 53.7 Å². The van der Waals surface area contributed by atoms with Gasteiger partial charge in [0, 0.05) is 17.9 Å². The smallest absolute Gasteiger partial charge is 0.314 e. The molecule has 0 amide bonds. The maximum absolute atomic E-state index is 13.1. The van der Waals surface area contributed by atoms with Crippen molar-refractivity contribution in [2.45, 2.75) is 23.0 Å². The number of alkyl halides is 3. The van der Waals surface area contributed by atoms with Crippen LogP contribution < -0.4 is 0 Å². The van der Waals surface area contributed by atoms with Crippen LogP contribution in [0.5, 0.6) is 0 Å². The molecular formula is C30H18F3N3PtS. The van der Waals surface area contributed by atoms with Gasteiger partial charge in [-0.25, -0.2) is 21.1 Å². The molecule has 0 aliphatic rings. The van der Waals surface area contributed by atoms with Crippen molar-refractivity contribution < 1.29 is 34.2 Å². The predicted octanol–water partition coefficient (Wildman–Crippen LogP) is 8.32. The summed E-state index contributed by atoms with van der Waals surface area (Å²) < 4.78 is 41.5. The Kier molecular flexibility index (Phi) is 7.17.